The van der Waals surface area contributed by atoms with Gasteiger partial charge in [-0.2, -0.15) is 14.9 Å². The molecule has 0 unspecified atom stereocenters. The number of hydrogen-bond donors (Lipinski definition) is 0. The van der Waals surface area contributed by atoms with Gasteiger partial charge in [-0.25, -0.2) is 4.98 Å². The second-order valence-corrected chi connectivity index (χ2v) is 3.97. The van der Waals surface area contributed by atoms with Crippen molar-refractivity contribution in [1.29, 1.82) is 5.26 Å². The van der Waals surface area contributed by atoms with Gasteiger partial charge in [0.05, 0.1) is 5.56 Å². The van der Waals surface area contributed by atoms with E-state index in [1.165, 1.54) is 4.68 Å². The third-order valence-corrected chi connectivity index (χ3v) is 2.50. The predicted octanol–water partition coefficient (Wildman–Crippen LogP) is 2.06. The number of aromatic nitrogens is 4. The van der Waals surface area contributed by atoms with Crippen LogP contribution in [0.15, 0.2) is 27.8 Å². The highest BCUT2D eigenvalue weighted by Gasteiger charge is 2.11. The molecule has 0 radical (unpaired) electrons. The Labute approximate surface area is 102 Å². The lowest BCUT2D eigenvalue weighted by atomic mass is 10.3. The largest absolute Gasteiger partial charge is 0.236 e. The summed E-state index contributed by atoms with van der Waals surface area (Å²) in [5.41, 5.74) is 0.440. The molecule has 0 spiro atoms. The van der Waals surface area contributed by atoms with Crippen molar-refractivity contribution in [3.63, 3.8) is 0 Å². The highest BCUT2D eigenvalue weighted by Crippen LogP contribution is 2.17. The molecule has 2 aromatic heterocycles. The first kappa shape index (κ1) is 10.3. The Kier molecular flexibility index (Phi) is 2.79. The summed E-state index contributed by atoms with van der Waals surface area (Å²) in [6.45, 7) is 0. The standard InChI is InChI=1S/C8H3Br2N5/c9-7-13-8(10)15(14-7)6-5(4-11)2-1-3-12-6/h1-3H. The quantitative estimate of drug-likeness (QED) is 0.803. The van der Waals surface area contributed by atoms with E-state index in [9.17, 15) is 0 Å². The molecule has 0 amide bonds. The summed E-state index contributed by atoms with van der Waals surface area (Å²) in [5, 5.41) is 12.9. The van der Waals surface area contributed by atoms with Gasteiger partial charge < -0.3 is 0 Å². The highest BCUT2D eigenvalue weighted by molar-refractivity contribution is 9.11. The van der Waals surface area contributed by atoms with Crippen LogP contribution in [0.4, 0.5) is 0 Å². The topological polar surface area (TPSA) is 67.4 Å². The van der Waals surface area contributed by atoms with E-state index in [2.05, 4.69) is 46.9 Å². The average molecular weight is 329 g/mol. The van der Waals surface area contributed by atoms with Crippen LogP contribution in [0, 0.1) is 11.3 Å². The first-order chi connectivity index (χ1) is 7.22. The molecule has 0 fully saturated rings. The lowest BCUT2D eigenvalue weighted by Gasteiger charge is -2.01. The van der Waals surface area contributed by atoms with Crippen molar-refractivity contribution >= 4 is 31.9 Å². The van der Waals surface area contributed by atoms with Crippen LogP contribution in [0.1, 0.15) is 5.56 Å². The summed E-state index contributed by atoms with van der Waals surface area (Å²) < 4.78 is 2.37. The lowest BCUT2D eigenvalue weighted by molar-refractivity contribution is 0.816. The fraction of sp³-hybridized carbons (Fsp3) is 0. The monoisotopic (exact) mass is 327 g/mol. The molecule has 0 aliphatic carbocycles. The predicted molar refractivity (Wildman–Crippen MR) is 59.3 cm³/mol. The van der Waals surface area contributed by atoms with E-state index in [0.29, 0.717) is 20.8 Å². The fourth-order valence-electron chi connectivity index (χ4n) is 1.06. The normalized spacial score (nSPS) is 9.93. The molecular formula is C8H3Br2N5. The van der Waals surface area contributed by atoms with Crippen LogP contribution in [-0.2, 0) is 0 Å². The number of nitrogens with zero attached hydrogens (tertiary/aromatic N) is 5. The van der Waals surface area contributed by atoms with Crippen LogP contribution in [-0.4, -0.2) is 19.7 Å². The van der Waals surface area contributed by atoms with Crippen molar-refractivity contribution < 1.29 is 0 Å². The summed E-state index contributed by atoms with van der Waals surface area (Å²) in [7, 11) is 0. The minimum absolute atomic E-state index is 0.434. The van der Waals surface area contributed by atoms with E-state index < -0.39 is 0 Å². The molecule has 0 atom stereocenters. The summed E-state index contributed by atoms with van der Waals surface area (Å²) in [5.74, 6) is 0.449. The average Bonchev–Trinajstić information content (AvgIpc) is 2.57. The minimum Gasteiger partial charge on any atom is -0.236 e. The van der Waals surface area contributed by atoms with Crippen LogP contribution >= 0.6 is 31.9 Å². The van der Waals surface area contributed by atoms with Crippen molar-refractivity contribution in [1.82, 2.24) is 19.7 Å². The van der Waals surface area contributed by atoms with E-state index >= 15 is 0 Å². The molecule has 2 aromatic rings. The number of rotatable bonds is 1. The van der Waals surface area contributed by atoms with E-state index in [0.717, 1.165) is 0 Å². The molecule has 7 heteroatoms. The van der Waals surface area contributed by atoms with Gasteiger partial charge in [0.25, 0.3) is 0 Å². The number of nitriles is 1. The van der Waals surface area contributed by atoms with E-state index in [4.69, 9.17) is 5.26 Å². The molecule has 74 valence electrons. The fourth-order valence-corrected chi connectivity index (χ4v) is 2.04. The zero-order valence-electron chi connectivity index (χ0n) is 7.22. The van der Waals surface area contributed by atoms with Gasteiger partial charge in [-0.1, -0.05) is 0 Å². The second-order valence-electron chi connectivity index (χ2n) is 2.55. The van der Waals surface area contributed by atoms with Gasteiger partial charge in [-0.05, 0) is 44.0 Å². The van der Waals surface area contributed by atoms with E-state index in [1.807, 2.05) is 6.07 Å². The number of pyridine rings is 1. The molecule has 5 nitrogen and oxygen atoms in total. The Hall–Kier alpha value is -1.26. The van der Waals surface area contributed by atoms with Crippen LogP contribution < -0.4 is 0 Å². The van der Waals surface area contributed by atoms with Gasteiger partial charge in [0.2, 0.25) is 9.47 Å². The summed E-state index contributed by atoms with van der Waals surface area (Å²) >= 11 is 6.37. The minimum atomic E-state index is 0.434. The van der Waals surface area contributed by atoms with E-state index in [-0.39, 0.29) is 0 Å². The summed E-state index contributed by atoms with van der Waals surface area (Å²) in [6.07, 6.45) is 1.60. The van der Waals surface area contributed by atoms with Crippen molar-refractivity contribution in [2.45, 2.75) is 0 Å². The van der Waals surface area contributed by atoms with Crippen molar-refractivity contribution in [3.05, 3.63) is 33.4 Å². The van der Waals surface area contributed by atoms with Crippen molar-refractivity contribution in [3.8, 4) is 11.9 Å². The zero-order valence-corrected chi connectivity index (χ0v) is 10.4. The second kappa shape index (κ2) is 4.08. The van der Waals surface area contributed by atoms with Crippen LogP contribution in [0.3, 0.4) is 0 Å². The van der Waals surface area contributed by atoms with Gasteiger partial charge >= 0.3 is 0 Å². The van der Waals surface area contributed by atoms with Gasteiger partial charge in [-0.15, -0.1) is 5.10 Å². The van der Waals surface area contributed by atoms with Gasteiger partial charge in [-0.3, -0.25) is 0 Å². The van der Waals surface area contributed by atoms with Gasteiger partial charge in [0.15, 0.2) is 5.82 Å². The first-order valence-electron chi connectivity index (χ1n) is 3.86. The summed E-state index contributed by atoms with van der Waals surface area (Å²) in [6, 6.07) is 5.41. The Morgan fingerprint density at radius 1 is 1.40 bits per heavy atom. The molecule has 0 N–H and O–H groups in total. The van der Waals surface area contributed by atoms with E-state index in [1.54, 1.807) is 18.3 Å². The molecule has 15 heavy (non-hydrogen) atoms. The molecular weight excluding hydrogens is 326 g/mol. The van der Waals surface area contributed by atoms with Gasteiger partial charge in [0.1, 0.15) is 6.07 Å². The molecule has 2 rings (SSSR count). The third-order valence-electron chi connectivity index (χ3n) is 1.65. The van der Waals surface area contributed by atoms with Crippen LogP contribution in [0.25, 0.3) is 5.82 Å². The molecule has 2 heterocycles. The Morgan fingerprint density at radius 2 is 2.20 bits per heavy atom. The molecule has 0 saturated heterocycles. The Morgan fingerprint density at radius 3 is 2.80 bits per heavy atom. The van der Waals surface area contributed by atoms with Crippen LogP contribution in [0.2, 0.25) is 0 Å². The Balaban J connectivity index is 2.64. The number of halogens is 2. The smallest absolute Gasteiger partial charge is 0.218 e. The maximum absolute atomic E-state index is 8.90. The molecule has 0 aliphatic rings. The molecule has 0 saturated carbocycles. The zero-order chi connectivity index (χ0) is 10.8. The summed E-state index contributed by atoms with van der Waals surface area (Å²) in [4.78, 5) is 8.08. The SMILES string of the molecule is N#Cc1cccnc1-n1nc(Br)nc1Br. The third kappa shape index (κ3) is 1.91. The maximum Gasteiger partial charge on any atom is 0.218 e. The van der Waals surface area contributed by atoms with Crippen molar-refractivity contribution in [2.75, 3.05) is 0 Å². The highest BCUT2D eigenvalue weighted by atomic mass is 79.9. The van der Waals surface area contributed by atoms with Crippen molar-refractivity contribution in [2.24, 2.45) is 0 Å². The van der Waals surface area contributed by atoms with Crippen LogP contribution in [0.5, 0.6) is 0 Å². The van der Waals surface area contributed by atoms with Gasteiger partial charge in [0, 0.05) is 6.20 Å². The number of hydrogen-bond acceptors (Lipinski definition) is 4. The molecule has 0 aromatic carbocycles. The molecule has 0 bridgehead atoms. The molecule has 0 aliphatic heterocycles. The lowest BCUT2D eigenvalue weighted by Crippen LogP contribution is -2.02. The Bertz CT molecular complexity index is 542. The maximum atomic E-state index is 8.90. The first-order valence-corrected chi connectivity index (χ1v) is 5.44.